The molecule has 28 heavy (non-hydrogen) atoms. The van der Waals surface area contributed by atoms with Gasteiger partial charge in [-0.3, -0.25) is 14.7 Å². The van der Waals surface area contributed by atoms with Crippen molar-refractivity contribution in [1.29, 1.82) is 0 Å². The van der Waals surface area contributed by atoms with Crippen LogP contribution in [0.5, 0.6) is 0 Å². The molecule has 2 atom stereocenters. The van der Waals surface area contributed by atoms with Gasteiger partial charge in [-0.15, -0.1) is 0 Å². The highest BCUT2D eigenvalue weighted by atomic mass is 32.1. The summed E-state index contributed by atoms with van der Waals surface area (Å²) in [7, 11) is 2.16. The van der Waals surface area contributed by atoms with Crippen LogP contribution in [0.2, 0.25) is 0 Å². The van der Waals surface area contributed by atoms with Crippen LogP contribution in [0.15, 0.2) is 29.9 Å². The number of rotatable bonds is 5. The summed E-state index contributed by atoms with van der Waals surface area (Å²) in [6.45, 7) is 6.38. The van der Waals surface area contributed by atoms with Crippen molar-refractivity contribution >= 4 is 17.4 Å². The van der Waals surface area contributed by atoms with E-state index in [1.807, 2.05) is 25.3 Å². The molecule has 0 unspecified atom stereocenters. The highest BCUT2D eigenvalue weighted by Gasteiger charge is 2.52. The van der Waals surface area contributed by atoms with Crippen LogP contribution in [-0.2, 0) is 17.9 Å². The quantitative estimate of drug-likeness (QED) is 0.837. The van der Waals surface area contributed by atoms with E-state index in [-0.39, 0.29) is 17.4 Å². The van der Waals surface area contributed by atoms with E-state index >= 15 is 0 Å². The van der Waals surface area contributed by atoms with E-state index in [1.165, 1.54) is 17.1 Å². The minimum atomic E-state index is -0.309. The van der Waals surface area contributed by atoms with Crippen molar-refractivity contribution in [3.63, 3.8) is 0 Å². The molecular formula is C21H29N5OS. The molecule has 2 saturated heterocycles. The smallest absolute Gasteiger partial charge is 0.228 e. The number of fused-ring (bicyclic) bond motifs is 1. The van der Waals surface area contributed by atoms with Gasteiger partial charge < -0.3 is 10.2 Å². The van der Waals surface area contributed by atoms with Crippen LogP contribution in [0.1, 0.15) is 36.1 Å². The van der Waals surface area contributed by atoms with E-state index < -0.39 is 0 Å². The molecule has 150 valence electrons. The Kier molecular flexibility index (Phi) is 5.75. The first-order valence-electron chi connectivity index (χ1n) is 10.1. The summed E-state index contributed by atoms with van der Waals surface area (Å²) in [5.74, 6) is 0.198. The minimum absolute atomic E-state index is 0.198. The standard InChI is InChI=1S/C21H29N5OS/c1-16-5-3-8-22-18(16)12-23-20(27)21-6-4-9-26(13-17-11-24-28-15-17)19(21)14-25(2)10-7-21/h3,5,8,11,15,19H,4,6-7,9-10,12-14H2,1-2H3,(H,23,27)/t19-,21+/m0/s1. The zero-order valence-corrected chi connectivity index (χ0v) is 17.5. The normalized spacial score (nSPS) is 26.0. The number of carbonyl (C=O) groups is 1. The van der Waals surface area contributed by atoms with Gasteiger partial charge in [-0.25, -0.2) is 4.37 Å². The Morgan fingerprint density at radius 1 is 1.39 bits per heavy atom. The highest BCUT2D eigenvalue weighted by Crippen LogP contribution is 2.43. The van der Waals surface area contributed by atoms with Gasteiger partial charge in [0.05, 0.1) is 17.7 Å². The molecule has 2 aliphatic rings. The van der Waals surface area contributed by atoms with Crippen molar-refractivity contribution < 1.29 is 4.79 Å². The lowest BCUT2D eigenvalue weighted by atomic mass is 9.67. The molecule has 0 spiro atoms. The van der Waals surface area contributed by atoms with Crippen molar-refractivity contribution in [1.82, 2.24) is 24.5 Å². The zero-order chi connectivity index (χ0) is 19.6. The number of likely N-dealkylation sites (tertiary alicyclic amines) is 2. The molecule has 2 aliphatic heterocycles. The van der Waals surface area contributed by atoms with Crippen LogP contribution in [0.25, 0.3) is 0 Å². The number of nitrogens with zero attached hydrogens (tertiary/aromatic N) is 4. The fourth-order valence-electron chi connectivity index (χ4n) is 4.78. The van der Waals surface area contributed by atoms with Crippen LogP contribution in [-0.4, -0.2) is 57.8 Å². The molecule has 6 nitrogen and oxygen atoms in total. The fourth-order valence-corrected chi connectivity index (χ4v) is 5.31. The summed E-state index contributed by atoms with van der Waals surface area (Å²) >= 11 is 1.50. The molecule has 0 radical (unpaired) electrons. The molecule has 2 aromatic rings. The lowest BCUT2D eigenvalue weighted by Crippen LogP contribution is -2.65. The Labute approximate surface area is 171 Å². The Balaban J connectivity index is 1.53. The van der Waals surface area contributed by atoms with Gasteiger partial charge in [0.25, 0.3) is 0 Å². The van der Waals surface area contributed by atoms with E-state index in [1.54, 1.807) is 6.20 Å². The van der Waals surface area contributed by atoms with Crippen molar-refractivity contribution in [2.75, 3.05) is 26.7 Å². The third-order valence-electron chi connectivity index (χ3n) is 6.43. The summed E-state index contributed by atoms with van der Waals surface area (Å²) in [5.41, 5.74) is 3.01. The van der Waals surface area contributed by atoms with Gasteiger partial charge in [0, 0.05) is 36.9 Å². The summed E-state index contributed by atoms with van der Waals surface area (Å²) < 4.78 is 4.25. The van der Waals surface area contributed by atoms with Crippen LogP contribution in [0, 0.1) is 12.3 Å². The lowest BCUT2D eigenvalue weighted by molar-refractivity contribution is -0.145. The number of carbonyl (C=O) groups excluding carboxylic acids is 1. The number of amides is 1. The Hall–Kier alpha value is -1.83. The molecule has 0 saturated carbocycles. The Morgan fingerprint density at radius 3 is 3.07 bits per heavy atom. The molecule has 0 aliphatic carbocycles. The lowest BCUT2D eigenvalue weighted by Gasteiger charge is -2.53. The predicted octanol–water partition coefficient (Wildman–Crippen LogP) is 2.45. The van der Waals surface area contributed by atoms with Gasteiger partial charge in [-0.1, -0.05) is 6.07 Å². The topological polar surface area (TPSA) is 61.4 Å². The third kappa shape index (κ3) is 3.83. The third-order valence-corrected chi connectivity index (χ3v) is 7.06. The molecule has 2 fully saturated rings. The number of pyridine rings is 1. The Bertz CT molecular complexity index is 811. The zero-order valence-electron chi connectivity index (χ0n) is 16.7. The van der Waals surface area contributed by atoms with Crippen molar-refractivity contribution in [2.45, 2.75) is 45.3 Å². The van der Waals surface area contributed by atoms with Gasteiger partial charge in [0.2, 0.25) is 5.91 Å². The van der Waals surface area contributed by atoms with E-state index in [2.05, 4.69) is 36.9 Å². The molecule has 0 bridgehead atoms. The predicted molar refractivity (Wildman–Crippen MR) is 111 cm³/mol. The van der Waals surface area contributed by atoms with Crippen molar-refractivity contribution in [3.8, 4) is 0 Å². The average Bonchev–Trinajstić information content (AvgIpc) is 3.21. The average molecular weight is 400 g/mol. The Morgan fingerprint density at radius 2 is 2.29 bits per heavy atom. The van der Waals surface area contributed by atoms with Gasteiger partial charge in [-0.05, 0) is 75.0 Å². The second-order valence-electron chi connectivity index (χ2n) is 8.24. The molecule has 1 amide bonds. The molecule has 4 rings (SSSR count). The van der Waals surface area contributed by atoms with Crippen LogP contribution < -0.4 is 5.32 Å². The van der Waals surface area contributed by atoms with E-state index in [9.17, 15) is 4.79 Å². The van der Waals surface area contributed by atoms with Gasteiger partial charge in [-0.2, -0.15) is 0 Å². The van der Waals surface area contributed by atoms with Crippen LogP contribution in [0.4, 0.5) is 0 Å². The van der Waals surface area contributed by atoms with E-state index in [4.69, 9.17) is 0 Å². The molecule has 7 heteroatoms. The maximum atomic E-state index is 13.5. The van der Waals surface area contributed by atoms with E-state index in [0.29, 0.717) is 6.54 Å². The second-order valence-corrected chi connectivity index (χ2v) is 8.90. The summed E-state index contributed by atoms with van der Waals surface area (Å²) in [6, 6.07) is 4.22. The number of aryl methyl sites for hydroxylation is 1. The minimum Gasteiger partial charge on any atom is -0.350 e. The van der Waals surface area contributed by atoms with Gasteiger partial charge >= 0.3 is 0 Å². The maximum absolute atomic E-state index is 13.5. The second kappa shape index (κ2) is 8.27. The summed E-state index contributed by atoms with van der Waals surface area (Å²) in [5, 5.41) is 5.35. The number of likely N-dealkylation sites (N-methyl/N-ethyl adjacent to an activating group) is 1. The first kappa shape index (κ1) is 19.5. The van der Waals surface area contributed by atoms with Crippen LogP contribution >= 0.6 is 11.5 Å². The first-order valence-corrected chi connectivity index (χ1v) is 10.9. The molecule has 2 aromatic heterocycles. The molecular weight excluding hydrogens is 370 g/mol. The first-order chi connectivity index (χ1) is 13.6. The monoisotopic (exact) mass is 399 g/mol. The number of aromatic nitrogens is 2. The number of hydrogen-bond donors (Lipinski definition) is 1. The summed E-state index contributed by atoms with van der Waals surface area (Å²) in [6.07, 6.45) is 6.70. The number of hydrogen-bond acceptors (Lipinski definition) is 6. The van der Waals surface area contributed by atoms with Crippen LogP contribution in [0.3, 0.4) is 0 Å². The van der Waals surface area contributed by atoms with Gasteiger partial charge in [0.15, 0.2) is 0 Å². The van der Waals surface area contributed by atoms with E-state index in [0.717, 1.165) is 56.7 Å². The van der Waals surface area contributed by atoms with Gasteiger partial charge in [0.1, 0.15) is 0 Å². The maximum Gasteiger partial charge on any atom is 0.228 e. The van der Waals surface area contributed by atoms with Crippen molar-refractivity contribution in [3.05, 3.63) is 46.7 Å². The summed E-state index contributed by atoms with van der Waals surface area (Å²) in [4.78, 5) is 22.8. The molecule has 4 heterocycles. The number of piperidine rings is 2. The highest BCUT2D eigenvalue weighted by molar-refractivity contribution is 7.03. The number of nitrogens with one attached hydrogen (secondary N) is 1. The molecule has 0 aromatic carbocycles. The largest absolute Gasteiger partial charge is 0.350 e. The SMILES string of the molecule is Cc1cccnc1CNC(=O)[C@@]12CCCN(Cc3cnsc3)[C@H]1CN(C)CC2. The van der Waals surface area contributed by atoms with Crippen molar-refractivity contribution in [2.24, 2.45) is 5.41 Å². The fraction of sp³-hybridized carbons (Fsp3) is 0.571. The molecule has 1 N–H and O–H groups in total.